The Labute approximate surface area is 145 Å². The summed E-state index contributed by atoms with van der Waals surface area (Å²) < 4.78 is 11.5. The Bertz CT molecular complexity index is 481. The molecule has 0 saturated carbocycles. The van der Waals surface area contributed by atoms with E-state index in [1.54, 1.807) is 6.92 Å². The zero-order chi connectivity index (χ0) is 16.5. The summed E-state index contributed by atoms with van der Waals surface area (Å²) in [6.45, 7) is 8.99. The average Bonchev–Trinajstić information content (AvgIpc) is 2.50. The molecule has 0 spiro atoms. The summed E-state index contributed by atoms with van der Waals surface area (Å²) in [7, 11) is 0. The van der Waals surface area contributed by atoms with Crippen LogP contribution in [-0.2, 0) is 4.79 Å². The smallest absolute Gasteiger partial charge is 0.237 e. The number of amides is 1. The molecule has 1 aromatic rings. The van der Waals surface area contributed by atoms with Crippen molar-refractivity contribution in [2.45, 2.75) is 52.6 Å². The van der Waals surface area contributed by atoms with Crippen molar-refractivity contribution in [3.63, 3.8) is 0 Å². The van der Waals surface area contributed by atoms with Crippen molar-refractivity contribution in [3.8, 4) is 11.5 Å². The zero-order valence-corrected chi connectivity index (χ0v) is 15.2. The fraction of sp³-hybridized carbons (Fsp3) is 0.588. The normalized spacial score (nSPS) is 12.7. The summed E-state index contributed by atoms with van der Waals surface area (Å²) in [4.78, 5) is 11.7. The van der Waals surface area contributed by atoms with Crippen molar-refractivity contribution < 1.29 is 14.3 Å². The van der Waals surface area contributed by atoms with Gasteiger partial charge in [-0.2, -0.15) is 0 Å². The van der Waals surface area contributed by atoms with Crippen LogP contribution in [0.2, 0.25) is 0 Å². The third kappa shape index (κ3) is 7.10. The Balaban J connectivity index is 0.00000484. The van der Waals surface area contributed by atoms with E-state index in [1.807, 2.05) is 25.1 Å². The van der Waals surface area contributed by atoms with Crippen molar-refractivity contribution in [2.24, 2.45) is 5.73 Å². The lowest BCUT2D eigenvalue weighted by Crippen LogP contribution is -2.39. The van der Waals surface area contributed by atoms with E-state index in [-0.39, 0.29) is 24.4 Å². The summed E-state index contributed by atoms with van der Waals surface area (Å²) in [6, 6.07) is 5.10. The monoisotopic (exact) mass is 344 g/mol. The highest BCUT2D eigenvalue weighted by molar-refractivity contribution is 5.85. The van der Waals surface area contributed by atoms with Crippen molar-refractivity contribution in [2.75, 3.05) is 13.2 Å². The molecule has 1 rings (SSSR count). The van der Waals surface area contributed by atoms with Crippen LogP contribution in [0, 0.1) is 0 Å². The molecule has 132 valence electrons. The summed E-state index contributed by atoms with van der Waals surface area (Å²) in [5, 5.41) is 2.88. The highest BCUT2D eigenvalue weighted by Crippen LogP contribution is 2.31. The fourth-order valence-electron chi connectivity index (χ4n) is 1.88. The Morgan fingerprint density at radius 3 is 2.22 bits per heavy atom. The quantitative estimate of drug-likeness (QED) is 0.721. The second-order valence-electron chi connectivity index (χ2n) is 5.42. The number of nitrogens with one attached hydrogen (secondary N) is 1. The molecule has 0 fully saturated rings. The number of ether oxygens (including phenoxy) is 2. The third-order valence-corrected chi connectivity index (χ3v) is 3.16. The molecule has 23 heavy (non-hydrogen) atoms. The van der Waals surface area contributed by atoms with Crippen molar-refractivity contribution in [3.05, 3.63) is 23.8 Å². The van der Waals surface area contributed by atoms with Gasteiger partial charge >= 0.3 is 0 Å². The third-order valence-electron chi connectivity index (χ3n) is 3.16. The van der Waals surface area contributed by atoms with Gasteiger partial charge in [0.15, 0.2) is 11.5 Å². The first-order valence-electron chi connectivity index (χ1n) is 7.95. The highest BCUT2D eigenvalue weighted by Gasteiger charge is 2.15. The molecule has 0 bridgehead atoms. The number of hydrogen-bond acceptors (Lipinski definition) is 4. The van der Waals surface area contributed by atoms with Crippen LogP contribution in [0.15, 0.2) is 18.2 Å². The molecule has 0 saturated heterocycles. The summed E-state index contributed by atoms with van der Waals surface area (Å²) >= 11 is 0. The first-order valence-corrected chi connectivity index (χ1v) is 7.95. The van der Waals surface area contributed by atoms with Crippen molar-refractivity contribution in [1.29, 1.82) is 0 Å². The van der Waals surface area contributed by atoms with E-state index in [1.165, 1.54) is 0 Å². The molecule has 0 aliphatic heterocycles. The SMILES string of the molecule is CCCOc1ccc(C(C)NC(=O)C(C)N)cc1OCCC.Cl. The van der Waals surface area contributed by atoms with E-state index in [2.05, 4.69) is 19.2 Å². The standard InChI is InChI=1S/C17H28N2O3.ClH/c1-5-9-21-15-8-7-14(11-16(15)22-10-6-2)13(4)19-17(20)12(3)18;/h7-8,11-13H,5-6,9-10,18H2,1-4H3,(H,19,20);1H. The number of carbonyl (C=O) groups is 1. The maximum absolute atomic E-state index is 11.7. The first kappa shape index (κ1) is 21.5. The molecule has 5 nitrogen and oxygen atoms in total. The number of hydrogen-bond donors (Lipinski definition) is 2. The molecular weight excluding hydrogens is 316 g/mol. The van der Waals surface area contributed by atoms with Crippen molar-refractivity contribution >= 4 is 18.3 Å². The molecule has 0 aliphatic carbocycles. The summed E-state index contributed by atoms with van der Waals surface area (Å²) in [6.07, 6.45) is 1.87. The number of carbonyl (C=O) groups excluding carboxylic acids is 1. The Kier molecular flexibility index (Phi) is 10.4. The number of nitrogens with two attached hydrogens (primary N) is 1. The van der Waals surface area contributed by atoms with Gasteiger partial charge < -0.3 is 20.5 Å². The summed E-state index contributed by atoms with van der Waals surface area (Å²) in [5.74, 6) is 1.29. The molecular formula is C17H29ClN2O3. The first-order chi connectivity index (χ1) is 10.5. The number of halogens is 1. The van der Waals surface area contributed by atoms with Gasteiger partial charge in [0, 0.05) is 0 Å². The van der Waals surface area contributed by atoms with Gasteiger partial charge in [-0.15, -0.1) is 12.4 Å². The van der Waals surface area contributed by atoms with Crippen LogP contribution in [0.1, 0.15) is 52.1 Å². The predicted octanol–water partition coefficient (Wildman–Crippen LogP) is 3.21. The molecule has 0 aromatic heterocycles. The number of rotatable bonds is 9. The molecule has 1 aromatic carbocycles. The van der Waals surface area contributed by atoms with Gasteiger partial charge in [0.05, 0.1) is 25.3 Å². The zero-order valence-electron chi connectivity index (χ0n) is 14.4. The second kappa shape index (κ2) is 11.1. The van der Waals surface area contributed by atoms with E-state index in [9.17, 15) is 4.79 Å². The van der Waals surface area contributed by atoms with Gasteiger partial charge in [0.1, 0.15) is 0 Å². The molecule has 0 heterocycles. The topological polar surface area (TPSA) is 73.6 Å². The van der Waals surface area contributed by atoms with E-state index < -0.39 is 6.04 Å². The Morgan fingerprint density at radius 1 is 1.13 bits per heavy atom. The van der Waals surface area contributed by atoms with Gasteiger partial charge in [-0.3, -0.25) is 4.79 Å². The lowest BCUT2D eigenvalue weighted by Gasteiger charge is -2.18. The summed E-state index contributed by atoms with van der Waals surface area (Å²) in [5.41, 5.74) is 6.54. The van der Waals surface area contributed by atoms with E-state index in [0.717, 1.165) is 29.9 Å². The maximum atomic E-state index is 11.7. The fourth-order valence-corrected chi connectivity index (χ4v) is 1.88. The van der Waals surface area contributed by atoms with E-state index in [4.69, 9.17) is 15.2 Å². The Morgan fingerprint density at radius 2 is 1.70 bits per heavy atom. The predicted molar refractivity (Wildman–Crippen MR) is 95.5 cm³/mol. The molecule has 0 aliphatic rings. The molecule has 0 radical (unpaired) electrons. The molecule has 2 atom stereocenters. The van der Waals surface area contributed by atoms with Crippen LogP contribution in [-0.4, -0.2) is 25.2 Å². The van der Waals surface area contributed by atoms with Crippen LogP contribution >= 0.6 is 12.4 Å². The molecule has 2 unspecified atom stereocenters. The van der Waals surface area contributed by atoms with E-state index in [0.29, 0.717) is 13.2 Å². The van der Waals surface area contributed by atoms with Gasteiger partial charge in [-0.1, -0.05) is 19.9 Å². The molecule has 6 heteroatoms. The molecule has 3 N–H and O–H groups in total. The van der Waals surface area contributed by atoms with Crippen LogP contribution in [0.3, 0.4) is 0 Å². The van der Waals surface area contributed by atoms with Gasteiger partial charge in [-0.25, -0.2) is 0 Å². The van der Waals surface area contributed by atoms with Gasteiger partial charge in [0.2, 0.25) is 5.91 Å². The van der Waals surface area contributed by atoms with Crippen LogP contribution in [0.25, 0.3) is 0 Å². The lowest BCUT2D eigenvalue weighted by atomic mass is 10.1. The second-order valence-corrected chi connectivity index (χ2v) is 5.42. The molecule has 1 amide bonds. The lowest BCUT2D eigenvalue weighted by molar-refractivity contribution is -0.122. The number of benzene rings is 1. The largest absolute Gasteiger partial charge is 0.490 e. The minimum Gasteiger partial charge on any atom is -0.490 e. The average molecular weight is 345 g/mol. The minimum atomic E-state index is -0.523. The van der Waals surface area contributed by atoms with Crippen LogP contribution in [0.4, 0.5) is 0 Å². The van der Waals surface area contributed by atoms with Crippen molar-refractivity contribution in [1.82, 2.24) is 5.32 Å². The Hall–Kier alpha value is -1.46. The maximum Gasteiger partial charge on any atom is 0.237 e. The minimum absolute atomic E-state index is 0. The van der Waals surface area contributed by atoms with Gasteiger partial charge in [0.25, 0.3) is 0 Å². The van der Waals surface area contributed by atoms with E-state index >= 15 is 0 Å². The van der Waals surface area contributed by atoms with Crippen LogP contribution < -0.4 is 20.5 Å². The van der Waals surface area contributed by atoms with Crippen LogP contribution in [0.5, 0.6) is 11.5 Å². The van der Waals surface area contributed by atoms with Gasteiger partial charge in [-0.05, 0) is 44.4 Å². The highest BCUT2D eigenvalue weighted by atomic mass is 35.5.